The van der Waals surface area contributed by atoms with Gasteiger partial charge in [0.05, 0.1) is 0 Å². The van der Waals surface area contributed by atoms with Crippen molar-refractivity contribution in [2.45, 2.75) is 51.0 Å². The van der Waals surface area contributed by atoms with Gasteiger partial charge >= 0.3 is 0 Å². The van der Waals surface area contributed by atoms with Crippen molar-refractivity contribution in [3.63, 3.8) is 0 Å². The van der Waals surface area contributed by atoms with Crippen LogP contribution in [0.3, 0.4) is 0 Å². The van der Waals surface area contributed by atoms with E-state index in [2.05, 4.69) is 71.0 Å². The Balaban J connectivity index is 3.83. The van der Waals surface area contributed by atoms with Gasteiger partial charge in [-0.25, -0.2) is 0 Å². The van der Waals surface area contributed by atoms with Gasteiger partial charge in [-0.05, 0) is 6.66 Å². The molecule has 0 spiro atoms. The Labute approximate surface area is 86.9 Å². The molecule has 0 nitrogen and oxygen atoms in total. The van der Waals surface area contributed by atoms with Gasteiger partial charge in [0.2, 0.25) is 0 Å². The van der Waals surface area contributed by atoms with E-state index in [0.717, 1.165) is 0 Å². The van der Waals surface area contributed by atoms with Crippen molar-refractivity contribution in [3.8, 4) is 0 Å². The van der Waals surface area contributed by atoms with Crippen molar-refractivity contribution >= 4 is 29.1 Å². The van der Waals surface area contributed by atoms with Gasteiger partial charge in [-0.1, -0.05) is 41.5 Å². The van der Waals surface area contributed by atoms with Gasteiger partial charge < -0.3 is 0 Å². The largest absolute Gasteiger partial charge is 0.117 e. The second-order valence-corrected chi connectivity index (χ2v) is 13.6. The van der Waals surface area contributed by atoms with Gasteiger partial charge in [0.1, 0.15) is 0 Å². The molecule has 74 valence electrons. The van der Waals surface area contributed by atoms with Gasteiger partial charge in [-0.15, -0.1) is 22.8 Å². The summed E-state index contributed by atoms with van der Waals surface area (Å²) in [6, 6.07) is 0. The molecule has 0 heterocycles. The van der Waals surface area contributed by atoms with E-state index in [-0.39, 0.29) is 6.33 Å². The van der Waals surface area contributed by atoms with Gasteiger partial charge in [-0.2, -0.15) is 0 Å². The molecule has 0 fully saturated rings. The monoisotopic (exact) mass is 224 g/mol. The third-order valence-electron chi connectivity index (χ3n) is 0.805. The van der Waals surface area contributed by atoms with Crippen LogP contribution in [0.25, 0.3) is 0 Å². The van der Waals surface area contributed by atoms with Crippen molar-refractivity contribution < 1.29 is 0 Å². The summed E-state index contributed by atoms with van der Waals surface area (Å²) in [7, 11) is 0. The first-order valence-corrected chi connectivity index (χ1v) is 8.85. The maximum Gasteiger partial charge on any atom is 0.0125 e. The molecule has 0 aliphatic heterocycles. The molecule has 0 aromatic heterocycles. The molecule has 0 amide bonds. The average molecular weight is 224 g/mol. The predicted molar refractivity (Wildman–Crippen MR) is 67.5 cm³/mol. The smallest absolute Gasteiger partial charge is 0.0125 e. The van der Waals surface area contributed by atoms with E-state index in [4.69, 9.17) is 0 Å². The minimum absolute atomic E-state index is 0.0766. The molecule has 0 saturated carbocycles. The van der Waals surface area contributed by atoms with E-state index in [9.17, 15) is 0 Å². The Kier molecular flexibility index (Phi) is 5.00. The fourth-order valence-electron chi connectivity index (χ4n) is 0.790. The Bertz CT molecular complexity index is 116. The van der Waals surface area contributed by atoms with Crippen LogP contribution in [-0.4, -0.2) is 16.2 Å². The summed E-state index contributed by atoms with van der Waals surface area (Å²) >= 11 is 4.22. The molecule has 0 radical (unpaired) electrons. The third kappa shape index (κ3) is 9.22. The second kappa shape index (κ2) is 4.57. The molecular formula is C9H21PS2. The lowest BCUT2D eigenvalue weighted by atomic mass is 10.3. The van der Waals surface area contributed by atoms with Gasteiger partial charge in [-0.3, -0.25) is 0 Å². The molecule has 0 rings (SSSR count). The summed E-state index contributed by atoms with van der Waals surface area (Å²) in [4.78, 5) is 0. The highest BCUT2D eigenvalue weighted by Gasteiger charge is 2.21. The molecule has 0 aromatic carbocycles. The number of hydrogen-bond donors (Lipinski definition) is 0. The number of rotatable bonds is 2. The maximum atomic E-state index is 2.36. The van der Waals surface area contributed by atoms with E-state index in [1.807, 2.05) is 0 Å². The van der Waals surface area contributed by atoms with Crippen LogP contribution in [0.4, 0.5) is 0 Å². The SMILES string of the molecule is CP(SC(C)(C)C)SC(C)(C)C. The first-order valence-electron chi connectivity index (χ1n) is 4.22. The van der Waals surface area contributed by atoms with Crippen LogP contribution in [0.2, 0.25) is 0 Å². The lowest BCUT2D eigenvalue weighted by Gasteiger charge is -2.27. The third-order valence-corrected chi connectivity index (χ3v) is 8.59. The first kappa shape index (κ1) is 13.1. The minimum atomic E-state index is 0.0766. The van der Waals surface area contributed by atoms with Crippen LogP contribution in [0.15, 0.2) is 0 Å². The lowest BCUT2D eigenvalue weighted by Crippen LogP contribution is -2.08. The van der Waals surface area contributed by atoms with Crippen LogP contribution in [0.5, 0.6) is 0 Å². The molecule has 0 atom stereocenters. The highest BCUT2D eigenvalue weighted by Crippen LogP contribution is 2.65. The maximum absolute atomic E-state index is 2.36. The zero-order valence-electron chi connectivity index (χ0n) is 9.26. The highest BCUT2D eigenvalue weighted by molar-refractivity contribution is 8.88. The van der Waals surface area contributed by atoms with Crippen molar-refractivity contribution in [1.82, 2.24) is 0 Å². The first-order chi connectivity index (χ1) is 5.10. The molecule has 0 unspecified atom stereocenters. The molecule has 0 N–H and O–H groups in total. The zero-order valence-corrected chi connectivity index (χ0v) is 11.8. The molecule has 3 heteroatoms. The van der Waals surface area contributed by atoms with E-state index >= 15 is 0 Å². The van der Waals surface area contributed by atoms with Crippen molar-refractivity contribution in [2.24, 2.45) is 0 Å². The van der Waals surface area contributed by atoms with Crippen molar-refractivity contribution in [3.05, 3.63) is 0 Å². The predicted octanol–water partition coefficient (Wildman–Crippen LogP) is 4.99. The van der Waals surface area contributed by atoms with Crippen LogP contribution < -0.4 is 0 Å². The zero-order chi connectivity index (χ0) is 9.99. The Hall–Kier alpha value is 1.13. The van der Waals surface area contributed by atoms with E-state index in [1.54, 1.807) is 0 Å². The highest BCUT2D eigenvalue weighted by atomic mass is 33.1. The van der Waals surface area contributed by atoms with Crippen LogP contribution in [-0.2, 0) is 0 Å². The fraction of sp³-hybridized carbons (Fsp3) is 1.00. The van der Waals surface area contributed by atoms with E-state index in [0.29, 0.717) is 9.49 Å². The Morgan fingerprint density at radius 1 is 0.750 bits per heavy atom. The van der Waals surface area contributed by atoms with Crippen LogP contribution in [0.1, 0.15) is 41.5 Å². The summed E-state index contributed by atoms with van der Waals surface area (Å²) in [5.41, 5.74) is 0. The number of hydrogen-bond acceptors (Lipinski definition) is 2. The molecule has 0 saturated heterocycles. The molecule has 0 aliphatic carbocycles. The molecule has 0 bridgehead atoms. The molecule has 0 aromatic rings. The van der Waals surface area contributed by atoms with E-state index in [1.165, 1.54) is 0 Å². The fourth-order valence-corrected chi connectivity index (χ4v) is 11.5. The topological polar surface area (TPSA) is 0 Å². The summed E-state index contributed by atoms with van der Waals surface area (Å²) in [6.45, 7) is 16.1. The average Bonchev–Trinajstić information content (AvgIpc) is 1.49. The van der Waals surface area contributed by atoms with Crippen LogP contribution >= 0.6 is 29.1 Å². The molecule has 0 aliphatic rings. The molecular weight excluding hydrogens is 203 g/mol. The quantitative estimate of drug-likeness (QED) is 0.606. The van der Waals surface area contributed by atoms with Crippen molar-refractivity contribution in [1.29, 1.82) is 0 Å². The summed E-state index contributed by atoms with van der Waals surface area (Å²) in [6.07, 6.45) is 0.0766. The summed E-state index contributed by atoms with van der Waals surface area (Å²) < 4.78 is 0.831. The van der Waals surface area contributed by atoms with Crippen molar-refractivity contribution in [2.75, 3.05) is 6.66 Å². The minimum Gasteiger partial charge on any atom is -0.117 e. The Morgan fingerprint density at radius 3 is 1.17 bits per heavy atom. The van der Waals surface area contributed by atoms with Crippen LogP contribution in [0, 0.1) is 0 Å². The van der Waals surface area contributed by atoms with Gasteiger partial charge in [0.25, 0.3) is 0 Å². The standard InChI is InChI=1S/C9H21PS2/c1-8(2,3)11-10(7)12-9(4,5)6/h1-7H3. The second-order valence-electron chi connectivity index (χ2n) is 4.85. The van der Waals surface area contributed by atoms with Gasteiger partial charge in [0, 0.05) is 15.8 Å². The van der Waals surface area contributed by atoms with E-state index < -0.39 is 0 Å². The lowest BCUT2D eigenvalue weighted by molar-refractivity contribution is 0.808. The Morgan fingerprint density at radius 2 is 1.00 bits per heavy atom. The molecule has 12 heavy (non-hydrogen) atoms. The van der Waals surface area contributed by atoms with Gasteiger partial charge in [0.15, 0.2) is 0 Å². The summed E-state index contributed by atoms with van der Waals surface area (Å²) in [5.74, 6) is 0. The normalized spacial score (nSPS) is 14.0. The summed E-state index contributed by atoms with van der Waals surface area (Å²) in [5, 5.41) is 0.